The van der Waals surface area contributed by atoms with Gasteiger partial charge in [-0.05, 0) is 73.7 Å². The number of aromatic nitrogens is 2. The Balaban J connectivity index is 1.76. The Morgan fingerprint density at radius 3 is 2.57 bits per heavy atom. The highest BCUT2D eigenvalue weighted by molar-refractivity contribution is 6.32. The summed E-state index contributed by atoms with van der Waals surface area (Å²) in [4.78, 5) is 14.3. The van der Waals surface area contributed by atoms with Gasteiger partial charge >= 0.3 is 5.97 Å². The van der Waals surface area contributed by atoms with Crippen LogP contribution in [0.5, 0.6) is 11.5 Å². The minimum absolute atomic E-state index is 0.0445. The predicted molar refractivity (Wildman–Crippen MR) is 186 cm³/mol. The molecule has 0 aliphatic rings. The van der Waals surface area contributed by atoms with Crippen LogP contribution in [0.4, 0.5) is 0 Å². The fourth-order valence-corrected chi connectivity index (χ4v) is 5.22. The number of hydrogen-bond acceptors (Lipinski definition) is 13. The van der Waals surface area contributed by atoms with Crippen LogP contribution in [-0.4, -0.2) is 107 Å². The molecule has 0 bridgehead atoms. The number of fused-ring (bicyclic) bond motifs is 1. The van der Waals surface area contributed by atoms with Crippen molar-refractivity contribution in [2.75, 3.05) is 52.7 Å². The van der Waals surface area contributed by atoms with Crippen molar-refractivity contribution in [2.45, 2.75) is 64.5 Å². The molecule has 0 aliphatic heterocycles. The lowest BCUT2D eigenvalue weighted by Gasteiger charge is -2.26. The summed E-state index contributed by atoms with van der Waals surface area (Å²) in [6.45, 7) is 9.80. The first-order valence-corrected chi connectivity index (χ1v) is 16.9. The molecular formula is C35H49ClN4O9. The molecule has 13 nitrogen and oxygen atoms in total. The molecule has 3 aromatic rings. The summed E-state index contributed by atoms with van der Waals surface area (Å²) in [6, 6.07) is 7.94. The molecule has 0 fully saturated rings. The van der Waals surface area contributed by atoms with Crippen LogP contribution >= 0.6 is 11.6 Å². The molecule has 2 aromatic carbocycles. The predicted octanol–water partition coefficient (Wildman–Crippen LogP) is 3.82. The first kappa shape index (κ1) is 39.9. The van der Waals surface area contributed by atoms with Gasteiger partial charge in [-0.15, -0.1) is 0 Å². The van der Waals surface area contributed by atoms with E-state index in [4.69, 9.17) is 35.2 Å². The largest absolute Gasteiger partial charge is 0.488 e. The normalized spacial score (nSPS) is 13.5. The van der Waals surface area contributed by atoms with Gasteiger partial charge in [0.25, 0.3) is 0 Å². The zero-order valence-corrected chi connectivity index (χ0v) is 29.0. The second-order valence-corrected chi connectivity index (χ2v) is 11.7. The van der Waals surface area contributed by atoms with Crippen molar-refractivity contribution in [1.29, 1.82) is 0 Å². The van der Waals surface area contributed by atoms with Crippen LogP contribution in [0.2, 0.25) is 5.02 Å². The van der Waals surface area contributed by atoms with Crippen molar-refractivity contribution in [3.63, 3.8) is 0 Å². The van der Waals surface area contributed by atoms with Gasteiger partial charge in [-0.3, -0.25) is 15.0 Å². The Hall–Kier alpha value is -3.56. The average molecular weight is 705 g/mol. The van der Waals surface area contributed by atoms with Gasteiger partial charge < -0.3 is 34.3 Å². The molecule has 270 valence electrons. The number of carbonyl (C=O) groups is 1. The molecule has 0 spiro atoms. The van der Waals surface area contributed by atoms with E-state index in [0.29, 0.717) is 59.2 Å². The van der Waals surface area contributed by atoms with E-state index in [0.717, 1.165) is 24.9 Å². The molecule has 3 atom stereocenters. The molecule has 1 heterocycles. The van der Waals surface area contributed by atoms with E-state index >= 15 is 0 Å². The number of benzene rings is 2. The van der Waals surface area contributed by atoms with Gasteiger partial charge in [-0.1, -0.05) is 42.5 Å². The molecule has 1 unspecified atom stereocenters. The molecule has 14 heteroatoms. The number of rotatable bonds is 25. The van der Waals surface area contributed by atoms with Gasteiger partial charge in [-0.2, -0.15) is 0 Å². The molecule has 0 amide bonds. The smallest absolute Gasteiger partial charge is 0.325 e. The van der Waals surface area contributed by atoms with Crippen LogP contribution < -0.4 is 14.8 Å². The van der Waals surface area contributed by atoms with Gasteiger partial charge in [0.2, 0.25) is 0 Å². The minimum Gasteiger partial charge on any atom is -0.488 e. The molecule has 3 rings (SSSR count). The van der Waals surface area contributed by atoms with E-state index in [-0.39, 0.29) is 39.1 Å². The number of aliphatic hydroxyl groups excluding tert-OH is 3. The lowest BCUT2D eigenvalue weighted by Crippen LogP contribution is -2.40. The third-order valence-electron chi connectivity index (χ3n) is 7.63. The van der Waals surface area contributed by atoms with Crippen molar-refractivity contribution in [3.8, 4) is 11.5 Å². The van der Waals surface area contributed by atoms with Crippen LogP contribution in [0.1, 0.15) is 44.2 Å². The highest BCUT2D eigenvalue weighted by Crippen LogP contribution is 2.35. The molecule has 1 aromatic heterocycles. The molecule has 4 N–H and O–H groups in total. The number of aliphatic hydroxyl groups is 3. The van der Waals surface area contributed by atoms with Gasteiger partial charge in [0.15, 0.2) is 0 Å². The van der Waals surface area contributed by atoms with Crippen molar-refractivity contribution in [2.24, 2.45) is 0 Å². The molecule has 49 heavy (non-hydrogen) atoms. The first-order valence-electron chi connectivity index (χ1n) is 16.5. The molecule has 0 saturated carbocycles. The number of allylic oxidation sites excluding steroid dienone is 2. The van der Waals surface area contributed by atoms with E-state index in [1.165, 1.54) is 0 Å². The maximum atomic E-state index is 12.3. The second kappa shape index (κ2) is 22.2. The van der Waals surface area contributed by atoms with E-state index in [1.807, 2.05) is 36.1 Å². The zero-order chi connectivity index (χ0) is 35.4. The highest BCUT2D eigenvalue weighted by Gasteiger charge is 2.23. The monoisotopic (exact) mass is 704 g/mol. The van der Waals surface area contributed by atoms with Gasteiger partial charge in [0.1, 0.15) is 41.3 Å². The number of nitrogens with zero attached hydrogens (tertiary/aromatic N) is 3. The van der Waals surface area contributed by atoms with Gasteiger partial charge in [0.05, 0.1) is 37.6 Å². The Bertz CT molecular complexity index is 1450. The first-order chi connectivity index (χ1) is 23.8. The summed E-state index contributed by atoms with van der Waals surface area (Å²) in [6.07, 6.45) is 7.03. The average Bonchev–Trinajstić information content (AvgIpc) is 3.56. The van der Waals surface area contributed by atoms with Crippen molar-refractivity contribution < 1.29 is 43.7 Å². The molecule has 0 radical (unpaired) electrons. The summed E-state index contributed by atoms with van der Waals surface area (Å²) in [5, 5.41) is 39.4. The van der Waals surface area contributed by atoms with Gasteiger partial charge in [0, 0.05) is 37.9 Å². The Morgan fingerprint density at radius 1 is 1.08 bits per heavy atom. The van der Waals surface area contributed by atoms with Crippen molar-refractivity contribution in [3.05, 3.63) is 71.3 Å². The number of unbranched alkanes of at least 4 members (excludes halogenated alkanes) is 1. The lowest BCUT2D eigenvalue weighted by atomic mass is 10.1. The standard InChI is InChI=1S/C35H49ClN4O9/c1-4-6-7-10-32(46-18-9-8-13-40(14-16-41)15-17-42)25(3)48-34-21-33(47-24-26-11-12-29-30(19-26)39-49-38-29)27(20-28(34)36)22-37-31(23-43)35(44)45-5-2/h4,6-7,11-12,19-21,25,31-32,37,41-43H,1,5,8-10,13-18,22-24H2,2-3H3/b7-6-/t25?,31-,32-/m1/s1. The fraction of sp³-hybridized carbons (Fsp3) is 0.514. The Kier molecular flexibility index (Phi) is 18.1. The second-order valence-electron chi connectivity index (χ2n) is 11.3. The summed E-state index contributed by atoms with van der Waals surface area (Å²) < 4.78 is 28.8. The quantitative estimate of drug-likeness (QED) is 0.0571. The Morgan fingerprint density at radius 2 is 1.86 bits per heavy atom. The fourth-order valence-electron chi connectivity index (χ4n) is 4.99. The zero-order valence-electron chi connectivity index (χ0n) is 28.3. The highest BCUT2D eigenvalue weighted by atomic mass is 35.5. The van der Waals surface area contributed by atoms with Crippen LogP contribution in [0.25, 0.3) is 11.0 Å². The van der Waals surface area contributed by atoms with Crippen LogP contribution in [-0.2, 0) is 27.4 Å². The number of halogens is 1. The van der Waals surface area contributed by atoms with E-state index in [2.05, 4.69) is 22.2 Å². The maximum absolute atomic E-state index is 12.3. The topological polar surface area (TPSA) is 169 Å². The number of esters is 1. The molecular weight excluding hydrogens is 656 g/mol. The van der Waals surface area contributed by atoms with Crippen LogP contribution in [0.15, 0.2) is 59.8 Å². The summed E-state index contributed by atoms with van der Waals surface area (Å²) in [5.41, 5.74) is 2.69. The third-order valence-corrected chi connectivity index (χ3v) is 7.93. The van der Waals surface area contributed by atoms with E-state index < -0.39 is 24.7 Å². The summed E-state index contributed by atoms with van der Waals surface area (Å²) in [7, 11) is 0. The molecule has 0 saturated heterocycles. The maximum Gasteiger partial charge on any atom is 0.325 e. The lowest BCUT2D eigenvalue weighted by molar-refractivity contribution is -0.146. The molecule has 0 aliphatic carbocycles. The van der Waals surface area contributed by atoms with Crippen molar-refractivity contribution >= 4 is 28.6 Å². The summed E-state index contributed by atoms with van der Waals surface area (Å²) in [5.74, 6) is 0.279. The Labute approximate surface area is 292 Å². The minimum atomic E-state index is -0.932. The number of carbonyl (C=O) groups excluding carboxylic acids is 1. The number of hydrogen-bond donors (Lipinski definition) is 4. The van der Waals surface area contributed by atoms with Crippen LogP contribution in [0.3, 0.4) is 0 Å². The summed E-state index contributed by atoms with van der Waals surface area (Å²) >= 11 is 6.75. The van der Waals surface area contributed by atoms with E-state index in [9.17, 15) is 20.1 Å². The third kappa shape index (κ3) is 13.3. The van der Waals surface area contributed by atoms with Gasteiger partial charge in [-0.25, -0.2) is 4.63 Å². The number of ether oxygens (including phenoxy) is 4. The van der Waals surface area contributed by atoms with E-state index in [1.54, 1.807) is 31.2 Å². The SMILES string of the molecule is C=C/C=C\C[C@@H](OCCCCN(CCO)CCO)C(C)Oc1cc(OCc2ccc3nonc3c2)c(CN[C@H](CO)C(=O)OCC)cc1Cl. The van der Waals surface area contributed by atoms with Crippen LogP contribution in [0, 0.1) is 0 Å². The van der Waals surface area contributed by atoms with Crippen molar-refractivity contribution in [1.82, 2.24) is 20.5 Å². The number of nitrogens with one attached hydrogen (secondary N) is 1.